The molecule has 1 atom stereocenters. The molecule has 0 bridgehead atoms. The summed E-state index contributed by atoms with van der Waals surface area (Å²) in [5.74, 6) is 0.112. The number of benzene rings is 3. The molecule has 4 aromatic rings. The first-order valence-electron chi connectivity index (χ1n) is 11.7. The molecule has 0 saturated carbocycles. The van der Waals surface area contributed by atoms with Gasteiger partial charge in [-0.05, 0) is 53.1 Å². The maximum absolute atomic E-state index is 12.6. The number of nitrogens with zero attached hydrogens (tertiary/aromatic N) is 1. The third kappa shape index (κ3) is 4.77. The number of carbonyl (C=O) groups excluding carboxylic acids is 2. The summed E-state index contributed by atoms with van der Waals surface area (Å²) in [5.41, 5.74) is 2.01. The number of carbonyl (C=O) groups is 2. The average molecular weight is 440 g/mol. The zero-order chi connectivity index (χ0) is 22.7. The molecular formula is C28H29N3O2. The van der Waals surface area contributed by atoms with Crippen LogP contribution in [0.25, 0.3) is 21.7 Å². The Bertz CT molecular complexity index is 1310. The van der Waals surface area contributed by atoms with Gasteiger partial charge in [0.05, 0.1) is 0 Å². The maximum Gasteiger partial charge on any atom is 0.220 e. The summed E-state index contributed by atoms with van der Waals surface area (Å²) < 4.78 is 2.16. The van der Waals surface area contributed by atoms with E-state index in [0.717, 1.165) is 19.4 Å². The normalized spacial score (nSPS) is 18.0. The number of hydrogen-bond acceptors (Lipinski definition) is 2. The largest absolute Gasteiger partial charge is 0.354 e. The number of para-hydroxylation sites is 1. The van der Waals surface area contributed by atoms with E-state index in [-0.39, 0.29) is 17.4 Å². The number of rotatable bonds is 8. The van der Waals surface area contributed by atoms with E-state index in [1.54, 1.807) is 0 Å². The van der Waals surface area contributed by atoms with Crippen LogP contribution in [0.1, 0.15) is 31.2 Å². The summed E-state index contributed by atoms with van der Waals surface area (Å²) in [6, 6.07) is 25.1. The van der Waals surface area contributed by atoms with Gasteiger partial charge in [0.2, 0.25) is 11.8 Å². The second-order valence-electron chi connectivity index (χ2n) is 9.10. The minimum absolute atomic E-state index is 0.0329. The van der Waals surface area contributed by atoms with Gasteiger partial charge in [0.15, 0.2) is 0 Å². The van der Waals surface area contributed by atoms with Gasteiger partial charge in [-0.1, -0.05) is 60.7 Å². The molecule has 1 aliphatic heterocycles. The number of hydrogen-bond donors (Lipinski definition) is 2. The molecule has 0 aliphatic carbocycles. The molecule has 1 aromatic heterocycles. The maximum atomic E-state index is 12.6. The molecular weight excluding hydrogens is 410 g/mol. The van der Waals surface area contributed by atoms with Crippen LogP contribution in [0, 0.1) is 0 Å². The highest BCUT2D eigenvalue weighted by atomic mass is 16.2. The van der Waals surface area contributed by atoms with Crippen molar-refractivity contribution < 1.29 is 9.59 Å². The second kappa shape index (κ2) is 9.10. The van der Waals surface area contributed by atoms with Gasteiger partial charge in [-0.25, -0.2) is 0 Å². The highest BCUT2D eigenvalue weighted by molar-refractivity contribution is 5.84. The fraction of sp³-hybridized carbons (Fsp3) is 0.286. The topological polar surface area (TPSA) is 63.1 Å². The summed E-state index contributed by atoms with van der Waals surface area (Å²) in [7, 11) is 0. The third-order valence-electron chi connectivity index (χ3n) is 6.78. The first-order chi connectivity index (χ1) is 16.1. The minimum atomic E-state index is -0.354. The molecule has 0 radical (unpaired) electrons. The summed E-state index contributed by atoms with van der Waals surface area (Å²) >= 11 is 0. The van der Waals surface area contributed by atoms with Crippen LogP contribution in [-0.2, 0) is 22.6 Å². The van der Waals surface area contributed by atoms with Gasteiger partial charge in [0.25, 0.3) is 0 Å². The molecule has 168 valence electrons. The zero-order valence-corrected chi connectivity index (χ0v) is 18.7. The summed E-state index contributed by atoms with van der Waals surface area (Å²) in [5, 5.41) is 9.86. The molecule has 1 saturated heterocycles. The van der Waals surface area contributed by atoms with Gasteiger partial charge in [-0.3, -0.25) is 9.59 Å². The number of nitrogens with one attached hydrogen (secondary N) is 2. The van der Waals surface area contributed by atoms with Gasteiger partial charge in [0, 0.05) is 43.2 Å². The van der Waals surface area contributed by atoms with Crippen molar-refractivity contribution in [3.8, 4) is 0 Å². The van der Waals surface area contributed by atoms with E-state index in [4.69, 9.17) is 0 Å². The highest BCUT2D eigenvalue weighted by Gasteiger charge is 2.37. The van der Waals surface area contributed by atoms with Crippen LogP contribution in [0.3, 0.4) is 0 Å². The van der Waals surface area contributed by atoms with Crippen molar-refractivity contribution in [1.29, 1.82) is 0 Å². The van der Waals surface area contributed by atoms with Crippen molar-refractivity contribution in [3.63, 3.8) is 0 Å². The first-order valence-corrected chi connectivity index (χ1v) is 11.7. The van der Waals surface area contributed by atoms with E-state index < -0.39 is 0 Å². The monoisotopic (exact) mass is 439 g/mol. The van der Waals surface area contributed by atoms with E-state index in [9.17, 15) is 9.59 Å². The third-order valence-corrected chi connectivity index (χ3v) is 6.78. The van der Waals surface area contributed by atoms with Crippen LogP contribution < -0.4 is 10.6 Å². The summed E-state index contributed by atoms with van der Waals surface area (Å²) in [4.78, 5) is 24.7. The molecule has 1 fully saturated rings. The van der Waals surface area contributed by atoms with E-state index in [1.165, 1.54) is 27.2 Å². The highest BCUT2D eigenvalue weighted by Crippen LogP contribution is 2.30. The van der Waals surface area contributed by atoms with E-state index in [0.29, 0.717) is 25.8 Å². The Kier molecular flexibility index (Phi) is 5.86. The Morgan fingerprint density at radius 2 is 1.76 bits per heavy atom. The fourth-order valence-corrected chi connectivity index (χ4v) is 5.01. The SMILES string of the molecule is O=C(CCC1(Cc2ccc3ccccc3c2)CCC(=O)N1)NCCn1ccc2ccccc21. The lowest BCUT2D eigenvalue weighted by Gasteiger charge is -2.29. The molecule has 1 aliphatic rings. The van der Waals surface area contributed by atoms with Crippen LogP contribution >= 0.6 is 0 Å². The molecule has 2 N–H and O–H groups in total. The number of amides is 2. The van der Waals surface area contributed by atoms with Gasteiger partial charge >= 0.3 is 0 Å². The molecule has 2 heterocycles. The standard InChI is InChI=1S/C28H29N3O2/c32-26(29-16-18-31-17-13-23-6-3-4-8-25(23)31)11-14-28(15-12-27(33)30-28)20-21-9-10-22-5-1-2-7-24(22)19-21/h1-10,13,17,19H,11-12,14-16,18,20H2,(H,29,32)(H,30,33). The smallest absolute Gasteiger partial charge is 0.220 e. The molecule has 5 nitrogen and oxygen atoms in total. The molecule has 2 amide bonds. The number of fused-ring (bicyclic) bond motifs is 2. The molecule has 5 heteroatoms. The van der Waals surface area contributed by atoms with E-state index in [1.807, 2.05) is 24.3 Å². The van der Waals surface area contributed by atoms with Crippen LogP contribution in [0.2, 0.25) is 0 Å². The Balaban J connectivity index is 1.19. The Hall–Kier alpha value is -3.60. The zero-order valence-electron chi connectivity index (χ0n) is 18.7. The van der Waals surface area contributed by atoms with Crippen molar-refractivity contribution in [2.45, 2.75) is 44.2 Å². The predicted octanol–water partition coefficient (Wildman–Crippen LogP) is 4.58. The van der Waals surface area contributed by atoms with Crippen LogP contribution in [0.15, 0.2) is 79.0 Å². The predicted molar refractivity (Wildman–Crippen MR) is 132 cm³/mol. The second-order valence-corrected chi connectivity index (χ2v) is 9.10. The van der Waals surface area contributed by atoms with Crippen molar-refractivity contribution in [2.75, 3.05) is 6.54 Å². The lowest BCUT2D eigenvalue weighted by atomic mass is 9.84. The molecule has 3 aromatic carbocycles. The molecule has 1 unspecified atom stereocenters. The lowest BCUT2D eigenvalue weighted by molar-refractivity contribution is -0.122. The fourth-order valence-electron chi connectivity index (χ4n) is 5.01. The van der Waals surface area contributed by atoms with Gasteiger partial charge < -0.3 is 15.2 Å². The molecule has 33 heavy (non-hydrogen) atoms. The van der Waals surface area contributed by atoms with Crippen LogP contribution in [0.5, 0.6) is 0 Å². The lowest BCUT2D eigenvalue weighted by Crippen LogP contribution is -2.44. The first kappa shape index (κ1) is 21.3. The Morgan fingerprint density at radius 1 is 0.970 bits per heavy atom. The minimum Gasteiger partial charge on any atom is -0.354 e. The van der Waals surface area contributed by atoms with Gasteiger partial charge in [0.1, 0.15) is 0 Å². The quantitative estimate of drug-likeness (QED) is 0.422. The summed E-state index contributed by atoms with van der Waals surface area (Å²) in [6.07, 6.45) is 5.14. The Labute approximate surface area is 193 Å². The van der Waals surface area contributed by atoms with Gasteiger partial charge in [-0.2, -0.15) is 0 Å². The van der Waals surface area contributed by atoms with E-state index >= 15 is 0 Å². The average Bonchev–Trinajstić information content (AvgIpc) is 3.41. The van der Waals surface area contributed by atoms with Crippen molar-refractivity contribution >= 4 is 33.5 Å². The molecule has 0 spiro atoms. The summed E-state index contributed by atoms with van der Waals surface area (Å²) in [6.45, 7) is 1.32. The molecule has 5 rings (SSSR count). The van der Waals surface area contributed by atoms with Crippen LogP contribution in [-0.4, -0.2) is 28.5 Å². The van der Waals surface area contributed by atoms with Crippen molar-refractivity contribution in [3.05, 3.63) is 84.6 Å². The number of aromatic nitrogens is 1. The van der Waals surface area contributed by atoms with Gasteiger partial charge in [-0.15, -0.1) is 0 Å². The van der Waals surface area contributed by atoms with Crippen molar-refractivity contribution in [2.24, 2.45) is 0 Å². The van der Waals surface area contributed by atoms with Crippen LogP contribution in [0.4, 0.5) is 0 Å². The van der Waals surface area contributed by atoms with Crippen molar-refractivity contribution in [1.82, 2.24) is 15.2 Å². The van der Waals surface area contributed by atoms with E-state index in [2.05, 4.69) is 69.9 Å². The Morgan fingerprint density at radius 3 is 2.58 bits per heavy atom.